The summed E-state index contributed by atoms with van der Waals surface area (Å²) in [6.07, 6.45) is 3.77. The molecule has 0 amide bonds. The molecule has 0 N–H and O–H groups in total. The lowest BCUT2D eigenvalue weighted by atomic mass is 9.70. The summed E-state index contributed by atoms with van der Waals surface area (Å²) < 4.78 is 20.1. The van der Waals surface area contributed by atoms with Crippen LogP contribution in [0.4, 0.5) is 4.39 Å². The first kappa shape index (κ1) is 20.7. The minimum atomic E-state index is -0.769. The van der Waals surface area contributed by atoms with Crippen LogP contribution in [-0.4, -0.2) is 12.9 Å². The summed E-state index contributed by atoms with van der Waals surface area (Å²) in [6.45, 7) is 12.7. The maximum Gasteiger partial charge on any atom is 0.178 e. The van der Waals surface area contributed by atoms with Crippen LogP contribution >= 0.6 is 11.6 Å². The maximum absolute atomic E-state index is 14.3. The highest BCUT2D eigenvalue weighted by atomic mass is 35.5. The average Bonchev–Trinajstić information content (AvgIpc) is 2.57. The van der Waals surface area contributed by atoms with Gasteiger partial charge in [-0.2, -0.15) is 0 Å². The second-order valence-corrected chi connectivity index (χ2v) is 8.00. The standard InChI is InChI=1S/C22H28ClFO2/c1-7-14(18(24)12-25)17-11-16-15(13(3)4)9-10-22(5,6)19(16)20(23)21(17)26-8-2/h9,11-13H,7-8,10H2,1-6H3/b18-14+. The Morgan fingerprint density at radius 1 is 1.38 bits per heavy atom. The van der Waals surface area contributed by atoms with Crippen LogP contribution in [0.5, 0.6) is 5.75 Å². The summed E-state index contributed by atoms with van der Waals surface area (Å²) >= 11 is 6.83. The van der Waals surface area contributed by atoms with Gasteiger partial charge in [0.2, 0.25) is 0 Å². The zero-order valence-corrected chi connectivity index (χ0v) is 17.3. The van der Waals surface area contributed by atoms with E-state index < -0.39 is 5.83 Å². The summed E-state index contributed by atoms with van der Waals surface area (Å²) in [7, 11) is 0. The van der Waals surface area contributed by atoms with Crippen molar-refractivity contribution in [1.82, 2.24) is 0 Å². The molecule has 26 heavy (non-hydrogen) atoms. The van der Waals surface area contributed by atoms with E-state index in [0.717, 1.165) is 17.5 Å². The number of fused-ring (bicyclic) bond motifs is 1. The molecule has 0 heterocycles. The third-order valence-corrected chi connectivity index (χ3v) is 5.38. The Morgan fingerprint density at radius 3 is 2.54 bits per heavy atom. The summed E-state index contributed by atoms with van der Waals surface area (Å²) in [5.41, 5.74) is 4.04. The monoisotopic (exact) mass is 378 g/mol. The highest BCUT2D eigenvalue weighted by Gasteiger charge is 2.34. The molecule has 0 aromatic heterocycles. The molecule has 0 bridgehead atoms. The zero-order valence-electron chi connectivity index (χ0n) is 16.5. The summed E-state index contributed by atoms with van der Waals surface area (Å²) in [4.78, 5) is 11.1. The molecule has 1 aromatic carbocycles. The molecular weight excluding hydrogens is 351 g/mol. The van der Waals surface area contributed by atoms with Crippen molar-refractivity contribution >= 4 is 29.0 Å². The van der Waals surface area contributed by atoms with Crippen LogP contribution in [-0.2, 0) is 10.2 Å². The van der Waals surface area contributed by atoms with Crippen LogP contribution in [0.15, 0.2) is 18.0 Å². The van der Waals surface area contributed by atoms with E-state index in [-0.39, 0.29) is 11.7 Å². The fourth-order valence-electron chi connectivity index (χ4n) is 3.71. The van der Waals surface area contributed by atoms with Gasteiger partial charge in [-0.05, 0) is 53.9 Å². The first-order valence-corrected chi connectivity index (χ1v) is 9.61. The number of halogens is 2. The summed E-state index contributed by atoms with van der Waals surface area (Å²) in [5.74, 6) is 0.0196. The van der Waals surface area contributed by atoms with E-state index in [0.29, 0.717) is 40.9 Å². The predicted octanol–water partition coefficient (Wildman–Crippen LogP) is 6.75. The number of rotatable bonds is 6. The molecule has 0 saturated heterocycles. The number of hydrogen-bond acceptors (Lipinski definition) is 2. The average molecular weight is 379 g/mol. The molecule has 1 aliphatic rings. The molecule has 0 unspecified atom stereocenters. The Hall–Kier alpha value is -1.61. The van der Waals surface area contributed by atoms with Crippen molar-refractivity contribution in [1.29, 1.82) is 0 Å². The van der Waals surface area contributed by atoms with Crippen molar-refractivity contribution in [3.63, 3.8) is 0 Å². The Morgan fingerprint density at radius 2 is 2.04 bits per heavy atom. The molecule has 0 aliphatic heterocycles. The quantitative estimate of drug-likeness (QED) is 0.404. The van der Waals surface area contributed by atoms with E-state index >= 15 is 0 Å². The highest BCUT2D eigenvalue weighted by Crippen LogP contribution is 2.50. The predicted molar refractivity (Wildman–Crippen MR) is 107 cm³/mol. The van der Waals surface area contributed by atoms with Crippen LogP contribution in [0.2, 0.25) is 5.02 Å². The van der Waals surface area contributed by atoms with Crippen molar-refractivity contribution in [2.24, 2.45) is 5.92 Å². The second kappa shape index (κ2) is 7.96. The highest BCUT2D eigenvalue weighted by molar-refractivity contribution is 6.33. The largest absolute Gasteiger partial charge is 0.492 e. The minimum Gasteiger partial charge on any atom is -0.492 e. The van der Waals surface area contributed by atoms with Crippen molar-refractivity contribution in [3.8, 4) is 5.75 Å². The number of carbonyl (C=O) groups is 1. The Bertz CT molecular complexity index is 773. The molecule has 0 radical (unpaired) electrons. The van der Waals surface area contributed by atoms with E-state index in [2.05, 4.69) is 33.8 Å². The number of ether oxygens (including phenoxy) is 1. The second-order valence-electron chi connectivity index (χ2n) is 7.62. The Balaban J connectivity index is 2.92. The van der Waals surface area contributed by atoms with E-state index in [4.69, 9.17) is 16.3 Å². The fraction of sp³-hybridized carbons (Fsp3) is 0.500. The van der Waals surface area contributed by atoms with Gasteiger partial charge in [0, 0.05) is 11.1 Å². The smallest absolute Gasteiger partial charge is 0.178 e. The first-order valence-electron chi connectivity index (χ1n) is 9.23. The van der Waals surface area contributed by atoms with Gasteiger partial charge in [-0.3, -0.25) is 4.79 Å². The minimum absolute atomic E-state index is 0.144. The molecule has 0 saturated carbocycles. The third-order valence-electron chi connectivity index (χ3n) is 5.02. The summed E-state index contributed by atoms with van der Waals surface area (Å²) in [6, 6.07) is 1.96. The van der Waals surface area contributed by atoms with Crippen molar-refractivity contribution in [3.05, 3.63) is 39.7 Å². The van der Waals surface area contributed by atoms with Crippen LogP contribution in [0.3, 0.4) is 0 Å². The molecule has 0 atom stereocenters. The number of benzene rings is 1. The SMILES string of the molecule is CCOc1c(/C(CC)=C(/F)C=O)cc2c(c1Cl)C(C)(C)CC=C2C(C)C. The number of aldehydes is 1. The Labute approximate surface area is 161 Å². The van der Waals surface area contributed by atoms with Crippen molar-refractivity contribution in [2.45, 2.75) is 59.8 Å². The van der Waals surface area contributed by atoms with Gasteiger partial charge in [0.15, 0.2) is 12.1 Å². The van der Waals surface area contributed by atoms with E-state index in [9.17, 15) is 9.18 Å². The molecule has 2 nitrogen and oxygen atoms in total. The van der Waals surface area contributed by atoms with Crippen molar-refractivity contribution < 1.29 is 13.9 Å². The molecular formula is C22H28ClFO2. The molecule has 4 heteroatoms. The van der Waals surface area contributed by atoms with Crippen LogP contribution in [0.1, 0.15) is 71.1 Å². The number of allylic oxidation sites excluding steroid dienone is 4. The lowest BCUT2D eigenvalue weighted by Crippen LogP contribution is -2.24. The van der Waals surface area contributed by atoms with E-state index in [1.54, 1.807) is 0 Å². The van der Waals surface area contributed by atoms with Gasteiger partial charge in [-0.25, -0.2) is 4.39 Å². The van der Waals surface area contributed by atoms with E-state index in [1.807, 2.05) is 19.9 Å². The van der Waals surface area contributed by atoms with Gasteiger partial charge >= 0.3 is 0 Å². The van der Waals surface area contributed by atoms with Gasteiger partial charge in [0.1, 0.15) is 5.75 Å². The maximum atomic E-state index is 14.3. The van der Waals surface area contributed by atoms with Gasteiger partial charge < -0.3 is 4.74 Å². The van der Waals surface area contributed by atoms with Gasteiger partial charge in [0.05, 0.1) is 11.6 Å². The fourth-order valence-corrected chi connectivity index (χ4v) is 4.23. The van der Waals surface area contributed by atoms with Gasteiger partial charge in [-0.1, -0.05) is 52.3 Å². The molecule has 2 rings (SSSR count). The van der Waals surface area contributed by atoms with E-state index in [1.165, 1.54) is 5.57 Å². The number of carbonyl (C=O) groups excluding carboxylic acids is 1. The number of hydrogen-bond donors (Lipinski definition) is 0. The molecule has 1 aliphatic carbocycles. The summed E-state index contributed by atoms with van der Waals surface area (Å²) in [5, 5.41) is 0.528. The first-order chi connectivity index (χ1) is 12.2. The van der Waals surface area contributed by atoms with Crippen LogP contribution < -0.4 is 4.74 Å². The molecule has 142 valence electrons. The molecule has 1 aromatic rings. The van der Waals surface area contributed by atoms with Crippen molar-refractivity contribution in [2.75, 3.05) is 6.61 Å². The van der Waals surface area contributed by atoms with Gasteiger partial charge in [-0.15, -0.1) is 0 Å². The topological polar surface area (TPSA) is 26.3 Å². The Kier molecular flexibility index (Phi) is 6.33. The van der Waals surface area contributed by atoms with Gasteiger partial charge in [0.25, 0.3) is 0 Å². The third kappa shape index (κ3) is 3.59. The van der Waals surface area contributed by atoms with Crippen LogP contribution in [0.25, 0.3) is 11.1 Å². The lowest BCUT2D eigenvalue weighted by Gasteiger charge is -2.35. The molecule has 0 spiro atoms. The lowest BCUT2D eigenvalue weighted by molar-refractivity contribution is -0.106. The normalized spacial score (nSPS) is 16.7. The molecule has 0 fully saturated rings. The zero-order chi connectivity index (χ0) is 19.6. The van der Waals surface area contributed by atoms with Crippen LogP contribution in [0, 0.1) is 5.92 Å².